The van der Waals surface area contributed by atoms with Crippen LogP contribution in [-0.2, 0) is 18.4 Å². The minimum Gasteiger partial charge on any atom is -0.357 e. The van der Waals surface area contributed by atoms with Gasteiger partial charge in [0.05, 0.1) is 16.8 Å². The molecule has 34 heavy (non-hydrogen) atoms. The fourth-order valence-corrected chi connectivity index (χ4v) is 5.58. The number of H-pyrrole nitrogens is 1. The Kier molecular flexibility index (Phi) is 4.06. The van der Waals surface area contributed by atoms with Crippen molar-refractivity contribution >= 4 is 50.8 Å². The number of rotatable bonds is 2. The van der Waals surface area contributed by atoms with Gasteiger partial charge in [-0.3, -0.25) is 4.79 Å². The van der Waals surface area contributed by atoms with Gasteiger partial charge in [-0.15, -0.1) is 0 Å². The number of carbonyl (C=O) groups is 1. The molecule has 0 saturated heterocycles. The Morgan fingerprint density at radius 2 is 2.09 bits per heavy atom. The highest BCUT2D eigenvalue weighted by Gasteiger charge is 2.51. The molecule has 4 aromatic rings. The Hall–Kier alpha value is -3.30. The Morgan fingerprint density at radius 1 is 1.24 bits per heavy atom. The van der Waals surface area contributed by atoms with E-state index >= 15 is 4.39 Å². The summed E-state index contributed by atoms with van der Waals surface area (Å²) in [5.74, 6) is -0.0955. The quantitative estimate of drug-likeness (QED) is 0.380. The molecule has 1 aliphatic carbocycles. The maximum absolute atomic E-state index is 16.0. The van der Waals surface area contributed by atoms with E-state index in [1.54, 1.807) is 6.20 Å². The number of aromatic nitrogens is 4. The molecule has 5 heterocycles. The normalized spacial score (nSPS) is 18.7. The first-order valence-corrected chi connectivity index (χ1v) is 11.7. The standard InChI is InChI=1S/C24H21ClFN7O/c1-33-7-4-14-13(9-33)20(32-23(25)29-14)31-21-17(26)15-11(8-27-21)2-3-12-16-19(30-18(12)15)24(5-6-24)10-28-22(16)34/h2-3,8,30H,4-7,9-10H2,1H3,(H,28,34)(H,27,29,31,32). The molecule has 0 radical (unpaired) electrons. The SMILES string of the molecule is CN1CCc2nc(Cl)nc(Nc3ncc4ccc5c6c([nH]c5c4c3F)C3(CC3)CNC6=O)c2C1. The van der Waals surface area contributed by atoms with Gasteiger partial charge in [-0.1, -0.05) is 12.1 Å². The number of amides is 1. The van der Waals surface area contributed by atoms with Gasteiger partial charge in [-0.25, -0.2) is 19.3 Å². The van der Waals surface area contributed by atoms with Crippen molar-refractivity contribution in [1.82, 2.24) is 30.2 Å². The zero-order valence-corrected chi connectivity index (χ0v) is 19.2. The van der Waals surface area contributed by atoms with Gasteiger partial charge in [-0.05, 0) is 31.5 Å². The average Bonchev–Trinajstić information content (AvgIpc) is 3.48. The van der Waals surface area contributed by atoms with E-state index in [2.05, 4.69) is 35.5 Å². The summed E-state index contributed by atoms with van der Waals surface area (Å²) in [6.07, 6.45) is 4.40. The Labute approximate surface area is 198 Å². The maximum atomic E-state index is 16.0. The number of carbonyl (C=O) groups excluding carboxylic acids is 1. The molecule has 0 atom stereocenters. The lowest BCUT2D eigenvalue weighted by molar-refractivity contribution is 0.0939. The topological polar surface area (TPSA) is 98.8 Å². The lowest BCUT2D eigenvalue weighted by Crippen LogP contribution is -2.38. The number of likely N-dealkylation sites (N-methyl/N-ethyl adjacent to an activating group) is 1. The summed E-state index contributed by atoms with van der Waals surface area (Å²) in [5, 5.41) is 7.98. The van der Waals surface area contributed by atoms with Crippen molar-refractivity contribution in [3.8, 4) is 0 Å². The van der Waals surface area contributed by atoms with Crippen LogP contribution in [0.15, 0.2) is 18.3 Å². The number of nitrogens with zero attached hydrogens (tertiary/aromatic N) is 4. The molecular weight excluding hydrogens is 457 g/mol. The fraction of sp³-hybridized carbons (Fsp3) is 0.333. The summed E-state index contributed by atoms with van der Waals surface area (Å²) >= 11 is 6.17. The number of aromatic amines is 1. The summed E-state index contributed by atoms with van der Waals surface area (Å²) in [5.41, 5.74) is 3.87. The molecule has 3 aliphatic rings. The van der Waals surface area contributed by atoms with Crippen molar-refractivity contribution in [3.63, 3.8) is 0 Å². The second-order valence-electron chi connectivity index (χ2n) is 9.59. The van der Waals surface area contributed by atoms with Crippen LogP contribution in [0.5, 0.6) is 0 Å². The van der Waals surface area contributed by atoms with Crippen LogP contribution in [0, 0.1) is 5.82 Å². The van der Waals surface area contributed by atoms with Crippen LogP contribution in [0.1, 0.15) is 40.2 Å². The third-order valence-corrected chi connectivity index (χ3v) is 7.59. The van der Waals surface area contributed by atoms with Crippen LogP contribution in [0.3, 0.4) is 0 Å². The highest BCUT2D eigenvalue weighted by Crippen LogP contribution is 2.52. The number of hydrogen-bond donors (Lipinski definition) is 3. The van der Waals surface area contributed by atoms with E-state index in [9.17, 15) is 4.79 Å². The molecule has 1 spiro atoms. The second-order valence-corrected chi connectivity index (χ2v) is 9.93. The van der Waals surface area contributed by atoms with Crippen molar-refractivity contribution in [2.75, 3.05) is 25.5 Å². The maximum Gasteiger partial charge on any atom is 0.253 e. The fourth-order valence-electron chi connectivity index (χ4n) is 5.39. The molecule has 172 valence electrons. The molecule has 3 aromatic heterocycles. The summed E-state index contributed by atoms with van der Waals surface area (Å²) in [4.78, 5) is 31.3. The molecule has 8 nitrogen and oxygen atoms in total. The molecule has 10 heteroatoms. The Bertz CT molecular complexity index is 1540. The van der Waals surface area contributed by atoms with Crippen molar-refractivity contribution in [2.24, 2.45) is 0 Å². The van der Waals surface area contributed by atoms with Gasteiger partial charge in [0.2, 0.25) is 5.28 Å². The average molecular weight is 478 g/mol. The van der Waals surface area contributed by atoms with Crippen LogP contribution in [0.4, 0.5) is 16.0 Å². The van der Waals surface area contributed by atoms with Gasteiger partial charge in [0.1, 0.15) is 5.82 Å². The van der Waals surface area contributed by atoms with Gasteiger partial charge in [0, 0.05) is 65.1 Å². The second kappa shape index (κ2) is 6.86. The summed E-state index contributed by atoms with van der Waals surface area (Å²) in [6.45, 7) is 2.12. The highest BCUT2D eigenvalue weighted by molar-refractivity contribution is 6.28. The van der Waals surface area contributed by atoms with Crippen molar-refractivity contribution in [3.05, 3.63) is 51.9 Å². The first-order chi connectivity index (χ1) is 16.4. The molecule has 0 unspecified atom stereocenters. The molecule has 1 aromatic carbocycles. The first-order valence-electron chi connectivity index (χ1n) is 11.4. The molecule has 0 bridgehead atoms. The van der Waals surface area contributed by atoms with Crippen molar-refractivity contribution in [1.29, 1.82) is 0 Å². The lowest BCUT2D eigenvalue weighted by Gasteiger charge is -2.26. The van der Waals surface area contributed by atoms with Crippen LogP contribution < -0.4 is 10.6 Å². The van der Waals surface area contributed by atoms with Crippen molar-refractivity contribution in [2.45, 2.75) is 31.2 Å². The number of fused-ring (bicyclic) bond motifs is 7. The minimum atomic E-state index is -0.500. The molecular formula is C24H21ClFN7O. The first kappa shape index (κ1) is 20.1. The highest BCUT2D eigenvalue weighted by atomic mass is 35.5. The zero-order chi connectivity index (χ0) is 23.2. The smallest absolute Gasteiger partial charge is 0.253 e. The molecule has 1 saturated carbocycles. The van der Waals surface area contributed by atoms with E-state index < -0.39 is 5.82 Å². The van der Waals surface area contributed by atoms with Gasteiger partial charge in [0.25, 0.3) is 5.91 Å². The van der Waals surface area contributed by atoms with Crippen LogP contribution in [-0.4, -0.2) is 50.9 Å². The molecule has 2 aliphatic heterocycles. The number of pyridine rings is 1. The molecule has 1 fully saturated rings. The van der Waals surface area contributed by atoms with Gasteiger partial charge in [0.15, 0.2) is 11.6 Å². The van der Waals surface area contributed by atoms with E-state index in [1.165, 1.54) is 0 Å². The third-order valence-electron chi connectivity index (χ3n) is 7.43. The summed E-state index contributed by atoms with van der Waals surface area (Å²) in [7, 11) is 2.02. The largest absolute Gasteiger partial charge is 0.357 e. The van der Waals surface area contributed by atoms with Crippen molar-refractivity contribution < 1.29 is 9.18 Å². The summed E-state index contributed by atoms with van der Waals surface area (Å²) in [6, 6.07) is 3.68. The number of nitrogens with one attached hydrogen (secondary N) is 3. The van der Waals surface area contributed by atoms with E-state index in [0.29, 0.717) is 40.8 Å². The van der Waals surface area contributed by atoms with Gasteiger partial charge in [-0.2, -0.15) is 0 Å². The van der Waals surface area contributed by atoms with Crippen LogP contribution in [0.25, 0.3) is 21.7 Å². The predicted octanol–water partition coefficient (Wildman–Crippen LogP) is 3.81. The number of benzene rings is 1. The third kappa shape index (κ3) is 2.80. The van der Waals surface area contributed by atoms with E-state index in [1.807, 2.05) is 19.2 Å². The number of anilines is 2. The van der Waals surface area contributed by atoms with Gasteiger partial charge >= 0.3 is 0 Å². The molecule has 7 rings (SSSR count). The van der Waals surface area contributed by atoms with E-state index in [0.717, 1.165) is 48.1 Å². The lowest BCUT2D eigenvalue weighted by atomic mass is 9.93. The number of hydrogen-bond acceptors (Lipinski definition) is 6. The molecule has 3 N–H and O–H groups in total. The Balaban J connectivity index is 1.41. The van der Waals surface area contributed by atoms with Gasteiger partial charge < -0.3 is 20.5 Å². The van der Waals surface area contributed by atoms with Crippen LogP contribution >= 0.6 is 11.6 Å². The minimum absolute atomic E-state index is 0.0536. The monoisotopic (exact) mass is 477 g/mol. The summed E-state index contributed by atoms with van der Waals surface area (Å²) < 4.78 is 16.0. The van der Waals surface area contributed by atoms with E-state index in [-0.39, 0.29) is 22.4 Å². The molecule has 1 amide bonds. The van der Waals surface area contributed by atoms with Crippen LogP contribution in [0.2, 0.25) is 5.28 Å². The Morgan fingerprint density at radius 3 is 2.91 bits per heavy atom. The zero-order valence-electron chi connectivity index (χ0n) is 18.4. The van der Waals surface area contributed by atoms with E-state index in [4.69, 9.17) is 11.6 Å². The predicted molar refractivity (Wildman–Crippen MR) is 127 cm³/mol. The number of halogens is 2.